The van der Waals surface area contributed by atoms with Crippen LogP contribution < -0.4 is 0 Å². The third-order valence-corrected chi connectivity index (χ3v) is 3.90. The molecule has 1 aliphatic heterocycles. The van der Waals surface area contributed by atoms with Gasteiger partial charge in [0, 0.05) is 26.7 Å². The number of urea groups is 1. The van der Waals surface area contributed by atoms with Gasteiger partial charge in [-0.05, 0) is 25.2 Å². The third-order valence-electron chi connectivity index (χ3n) is 3.90. The predicted octanol–water partition coefficient (Wildman–Crippen LogP) is 2.57. The van der Waals surface area contributed by atoms with Crippen molar-refractivity contribution in [1.29, 1.82) is 0 Å². The smallest absolute Gasteiger partial charge is 0.319 e. The zero-order valence-corrected chi connectivity index (χ0v) is 10.5. The molecule has 0 unspecified atom stereocenters. The van der Waals surface area contributed by atoms with Crippen LogP contribution in [0, 0.1) is 5.41 Å². The fourth-order valence-electron chi connectivity index (χ4n) is 1.97. The Morgan fingerprint density at radius 1 is 1.33 bits per heavy atom. The van der Waals surface area contributed by atoms with Crippen LogP contribution in [0.2, 0.25) is 0 Å². The SMILES string of the molecule is CCN(C)C(=O)N1CCC(C)(CC)CC1. The van der Waals surface area contributed by atoms with Crippen molar-refractivity contribution in [3.8, 4) is 0 Å². The van der Waals surface area contributed by atoms with Crippen LogP contribution >= 0.6 is 0 Å². The molecule has 1 aliphatic rings. The summed E-state index contributed by atoms with van der Waals surface area (Å²) < 4.78 is 0. The normalized spacial score (nSPS) is 20.1. The largest absolute Gasteiger partial charge is 0.328 e. The van der Waals surface area contributed by atoms with E-state index >= 15 is 0 Å². The van der Waals surface area contributed by atoms with E-state index < -0.39 is 0 Å². The van der Waals surface area contributed by atoms with Crippen molar-refractivity contribution in [2.75, 3.05) is 26.7 Å². The summed E-state index contributed by atoms with van der Waals surface area (Å²) in [6.45, 7) is 9.23. The van der Waals surface area contributed by atoms with Crippen molar-refractivity contribution in [3.63, 3.8) is 0 Å². The van der Waals surface area contributed by atoms with Crippen LogP contribution in [0.25, 0.3) is 0 Å². The molecule has 2 amide bonds. The van der Waals surface area contributed by atoms with Gasteiger partial charge in [0.05, 0.1) is 0 Å². The van der Waals surface area contributed by atoms with Gasteiger partial charge in [0.2, 0.25) is 0 Å². The first kappa shape index (κ1) is 12.3. The molecule has 1 saturated heterocycles. The summed E-state index contributed by atoms with van der Waals surface area (Å²) >= 11 is 0. The number of carbonyl (C=O) groups excluding carboxylic acids is 1. The summed E-state index contributed by atoms with van der Waals surface area (Å²) in [4.78, 5) is 15.7. The molecule has 0 spiro atoms. The number of nitrogens with zero attached hydrogens (tertiary/aromatic N) is 2. The maximum absolute atomic E-state index is 11.9. The standard InChI is InChI=1S/C12H24N2O/c1-5-12(3)7-9-14(10-8-12)11(15)13(4)6-2/h5-10H2,1-4H3. The molecule has 0 aromatic rings. The Balaban J connectivity index is 2.47. The zero-order chi connectivity index (χ0) is 11.5. The Kier molecular flexibility index (Phi) is 4.00. The van der Waals surface area contributed by atoms with Crippen LogP contribution in [0.4, 0.5) is 4.79 Å². The number of hydrogen-bond acceptors (Lipinski definition) is 1. The van der Waals surface area contributed by atoms with Crippen LogP contribution in [-0.4, -0.2) is 42.5 Å². The maximum Gasteiger partial charge on any atom is 0.319 e. The number of carbonyl (C=O) groups is 1. The number of hydrogen-bond donors (Lipinski definition) is 0. The molecule has 0 atom stereocenters. The van der Waals surface area contributed by atoms with Crippen molar-refractivity contribution < 1.29 is 4.79 Å². The molecule has 0 bridgehead atoms. The third kappa shape index (κ3) is 2.86. The van der Waals surface area contributed by atoms with E-state index in [0.29, 0.717) is 5.41 Å². The van der Waals surface area contributed by atoms with E-state index in [9.17, 15) is 4.79 Å². The summed E-state index contributed by atoms with van der Waals surface area (Å²) in [7, 11) is 1.87. The Bertz CT molecular complexity index is 220. The van der Waals surface area contributed by atoms with Gasteiger partial charge in [-0.25, -0.2) is 4.79 Å². The molecule has 0 aliphatic carbocycles. The molecule has 1 heterocycles. The van der Waals surface area contributed by atoms with E-state index in [4.69, 9.17) is 0 Å². The summed E-state index contributed by atoms with van der Waals surface area (Å²) in [6.07, 6.45) is 3.51. The number of rotatable bonds is 2. The zero-order valence-electron chi connectivity index (χ0n) is 10.5. The summed E-state index contributed by atoms with van der Waals surface area (Å²) in [5, 5.41) is 0. The average molecular weight is 212 g/mol. The Labute approximate surface area is 93.4 Å². The van der Waals surface area contributed by atoms with E-state index in [1.807, 2.05) is 18.9 Å². The minimum atomic E-state index is 0.190. The highest BCUT2D eigenvalue weighted by Crippen LogP contribution is 2.33. The van der Waals surface area contributed by atoms with E-state index in [0.717, 1.165) is 32.5 Å². The highest BCUT2D eigenvalue weighted by molar-refractivity contribution is 5.74. The van der Waals surface area contributed by atoms with Gasteiger partial charge in [-0.1, -0.05) is 20.3 Å². The Hall–Kier alpha value is -0.730. The lowest BCUT2D eigenvalue weighted by atomic mass is 9.78. The topological polar surface area (TPSA) is 23.6 Å². The summed E-state index contributed by atoms with van der Waals surface area (Å²) in [6, 6.07) is 0.190. The van der Waals surface area contributed by atoms with Crippen LogP contribution in [0.15, 0.2) is 0 Å². The molecule has 88 valence electrons. The first-order chi connectivity index (χ1) is 7.02. The van der Waals surface area contributed by atoms with Gasteiger partial charge in [-0.15, -0.1) is 0 Å². The highest BCUT2D eigenvalue weighted by Gasteiger charge is 2.30. The van der Waals surface area contributed by atoms with Crippen LogP contribution in [0.1, 0.15) is 40.0 Å². The molecule has 1 fully saturated rings. The Morgan fingerprint density at radius 2 is 1.87 bits per heavy atom. The average Bonchev–Trinajstić information content (AvgIpc) is 2.28. The number of likely N-dealkylation sites (tertiary alicyclic amines) is 1. The second-order valence-corrected chi connectivity index (χ2v) is 4.95. The number of amides is 2. The minimum Gasteiger partial charge on any atom is -0.328 e. The molecule has 1 rings (SSSR count). The van der Waals surface area contributed by atoms with Crippen LogP contribution in [0.3, 0.4) is 0 Å². The lowest BCUT2D eigenvalue weighted by Crippen LogP contribution is -2.47. The molecule has 0 aromatic carbocycles. The van der Waals surface area contributed by atoms with Gasteiger partial charge >= 0.3 is 6.03 Å². The fourth-order valence-corrected chi connectivity index (χ4v) is 1.97. The van der Waals surface area contributed by atoms with Gasteiger partial charge in [0.25, 0.3) is 0 Å². The lowest BCUT2D eigenvalue weighted by molar-refractivity contribution is 0.108. The van der Waals surface area contributed by atoms with Gasteiger partial charge in [0.15, 0.2) is 0 Å². The second kappa shape index (κ2) is 4.86. The summed E-state index contributed by atoms with van der Waals surface area (Å²) in [5.41, 5.74) is 0.460. The molecular weight excluding hydrogens is 188 g/mol. The van der Waals surface area contributed by atoms with Crippen molar-refractivity contribution in [1.82, 2.24) is 9.80 Å². The van der Waals surface area contributed by atoms with Crippen LogP contribution in [0.5, 0.6) is 0 Å². The lowest BCUT2D eigenvalue weighted by Gasteiger charge is -2.40. The van der Waals surface area contributed by atoms with Gasteiger partial charge < -0.3 is 9.80 Å². The van der Waals surface area contributed by atoms with Crippen LogP contribution in [-0.2, 0) is 0 Å². The van der Waals surface area contributed by atoms with Gasteiger partial charge in [-0.3, -0.25) is 0 Å². The molecule has 3 heteroatoms. The minimum absolute atomic E-state index is 0.190. The molecule has 0 aromatic heterocycles. The van der Waals surface area contributed by atoms with E-state index in [1.54, 1.807) is 4.90 Å². The molecule has 15 heavy (non-hydrogen) atoms. The monoisotopic (exact) mass is 212 g/mol. The fraction of sp³-hybridized carbons (Fsp3) is 0.917. The Morgan fingerprint density at radius 3 is 2.27 bits per heavy atom. The van der Waals surface area contributed by atoms with Crippen molar-refractivity contribution in [3.05, 3.63) is 0 Å². The summed E-state index contributed by atoms with van der Waals surface area (Å²) in [5.74, 6) is 0. The molecular formula is C12H24N2O. The molecule has 0 saturated carbocycles. The first-order valence-corrected chi connectivity index (χ1v) is 6.02. The van der Waals surface area contributed by atoms with Crippen molar-refractivity contribution in [2.24, 2.45) is 5.41 Å². The van der Waals surface area contributed by atoms with Crippen molar-refractivity contribution >= 4 is 6.03 Å². The maximum atomic E-state index is 11.9. The molecule has 3 nitrogen and oxygen atoms in total. The number of piperidine rings is 1. The first-order valence-electron chi connectivity index (χ1n) is 6.02. The molecule has 0 radical (unpaired) electrons. The second-order valence-electron chi connectivity index (χ2n) is 4.95. The highest BCUT2D eigenvalue weighted by atomic mass is 16.2. The van der Waals surface area contributed by atoms with Crippen molar-refractivity contribution in [2.45, 2.75) is 40.0 Å². The quantitative estimate of drug-likeness (QED) is 0.690. The van der Waals surface area contributed by atoms with Gasteiger partial charge in [0.1, 0.15) is 0 Å². The predicted molar refractivity (Wildman–Crippen MR) is 62.9 cm³/mol. The van der Waals surface area contributed by atoms with Gasteiger partial charge in [-0.2, -0.15) is 0 Å². The van der Waals surface area contributed by atoms with E-state index in [-0.39, 0.29) is 6.03 Å². The van der Waals surface area contributed by atoms with E-state index in [1.165, 1.54) is 6.42 Å². The molecule has 0 N–H and O–H groups in total. The van der Waals surface area contributed by atoms with E-state index in [2.05, 4.69) is 13.8 Å².